The summed E-state index contributed by atoms with van der Waals surface area (Å²) in [7, 11) is 0. The second-order valence-corrected chi connectivity index (χ2v) is 7.33. The van der Waals surface area contributed by atoms with Gasteiger partial charge < -0.3 is 9.64 Å². The largest absolute Gasteiger partial charge is 0.465 e. The van der Waals surface area contributed by atoms with Crippen LogP contribution in [0, 0.1) is 0 Å². The first-order valence-corrected chi connectivity index (χ1v) is 10.1. The van der Waals surface area contributed by atoms with Gasteiger partial charge in [-0.1, -0.05) is 65.4 Å². The average molecular weight is 431 g/mol. The van der Waals surface area contributed by atoms with Gasteiger partial charge in [-0.05, 0) is 24.6 Å². The number of anilines is 2. The summed E-state index contributed by atoms with van der Waals surface area (Å²) in [6.07, 6.45) is 0. The lowest BCUT2D eigenvalue weighted by Gasteiger charge is -2.20. The van der Waals surface area contributed by atoms with Crippen molar-refractivity contribution in [1.29, 1.82) is 0 Å². The molecule has 0 unspecified atom stereocenters. The lowest BCUT2D eigenvalue weighted by Crippen LogP contribution is -2.30. The van der Waals surface area contributed by atoms with Gasteiger partial charge in [0, 0.05) is 6.54 Å². The van der Waals surface area contributed by atoms with E-state index in [9.17, 15) is 9.59 Å². The Morgan fingerprint density at radius 1 is 1.10 bits per heavy atom. The fourth-order valence-corrected chi connectivity index (χ4v) is 3.52. The minimum absolute atomic E-state index is 0.0236. The van der Waals surface area contributed by atoms with Gasteiger partial charge >= 0.3 is 5.97 Å². The molecule has 0 bridgehead atoms. The summed E-state index contributed by atoms with van der Waals surface area (Å²) in [6.45, 7) is 2.53. The van der Waals surface area contributed by atoms with Crippen molar-refractivity contribution in [3.63, 3.8) is 0 Å². The van der Waals surface area contributed by atoms with Crippen LogP contribution in [-0.2, 0) is 16.1 Å². The number of nitrogens with one attached hydrogen (secondary N) is 1. The van der Waals surface area contributed by atoms with Crippen LogP contribution in [0.2, 0.25) is 5.02 Å². The van der Waals surface area contributed by atoms with Crippen molar-refractivity contribution >= 4 is 45.1 Å². The van der Waals surface area contributed by atoms with Crippen molar-refractivity contribution in [3.05, 3.63) is 70.7 Å². The van der Waals surface area contributed by atoms with Gasteiger partial charge in [0.2, 0.25) is 10.3 Å². The smallest absolute Gasteiger partial charge is 0.325 e. The molecule has 9 heteroatoms. The molecule has 0 aliphatic rings. The fraction of sp³-hybridized carbons (Fsp3) is 0.200. The second kappa shape index (κ2) is 9.99. The third-order valence-electron chi connectivity index (χ3n) is 3.87. The first kappa shape index (κ1) is 20.8. The van der Waals surface area contributed by atoms with Crippen molar-refractivity contribution in [1.82, 2.24) is 10.2 Å². The molecule has 3 rings (SSSR count). The molecule has 150 valence electrons. The number of carbonyl (C=O) groups excluding carboxylic acids is 2. The molecule has 1 N–H and O–H groups in total. The summed E-state index contributed by atoms with van der Waals surface area (Å²) in [5.41, 5.74) is 1.35. The van der Waals surface area contributed by atoms with Gasteiger partial charge in [-0.3, -0.25) is 14.9 Å². The van der Waals surface area contributed by atoms with E-state index in [0.29, 0.717) is 34.0 Å². The third kappa shape index (κ3) is 5.75. The molecular weight excluding hydrogens is 412 g/mol. The number of hydrogen-bond acceptors (Lipinski definition) is 7. The highest BCUT2D eigenvalue weighted by Crippen LogP contribution is 2.26. The van der Waals surface area contributed by atoms with E-state index in [1.54, 1.807) is 36.1 Å². The van der Waals surface area contributed by atoms with Crippen molar-refractivity contribution in [2.24, 2.45) is 0 Å². The van der Waals surface area contributed by atoms with Crippen molar-refractivity contribution in [2.45, 2.75) is 13.5 Å². The van der Waals surface area contributed by atoms with Gasteiger partial charge in [0.1, 0.15) is 6.54 Å². The Morgan fingerprint density at radius 3 is 2.55 bits per heavy atom. The quantitative estimate of drug-likeness (QED) is 0.543. The van der Waals surface area contributed by atoms with Gasteiger partial charge in [-0.25, -0.2) is 0 Å². The van der Waals surface area contributed by atoms with Crippen LogP contribution in [0.5, 0.6) is 0 Å². The highest BCUT2D eigenvalue weighted by Gasteiger charge is 2.19. The summed E-state index contributed by atoms with van der Waals surface area (Å²) >= 11 is 7.24. The molecule has 0 fully saturated rings. The zero-order chi connectivity index (χ0) is 20.6. The number of nitrogens with zero attached hydrogens (tertiary/aromatic N) is 3. The maximum absolute atomic E-state index is 12.4. The Hall–Kier alpha value is -2.97. The van der Waals surface area contributed by atoms with E-state index in [0.717, 1.165) is 5.56 Å². The number of rotatable bonds is 8. The summed E-state index contributed by atoms with van der Waals surface area (Å²) in [4.78, 5) is 26.2. The predicted molar refractivity (Wildman–Crippen MR) is 113 cm³/mol. The number of hydrogen-bond donors (Lipinski definition) is 1. The molecule has 0 spiro atoms. The van der Waals surface area contributed by atoms with E-state index in [4.69, 9.17) is 16.3 Å². The third-order valence-corrected chi connectivity index (χ3v) is 5.09. The van der Waals surface area contributed by atoms with E-state index in [1.807, 2.05) is 30.3 Å². The van der Waals surface area contributed by atoms with Crippen LogP contribution in [0.4, 0.5) is 10.3 Å². The molecule has 0 saturated heterocycles. The first-order valence-electron chi connectivity index (χ1n) is 8.90. The van der Waals surface area contributed by atoms with E-state index in [1.165, 1.54) is 11.3 Å². The molecule has 1 aromatic heterocycles. The number of benzene rings is 2. The van der Waals surface area contributed by atoms with Crippen molar-refractivity contribution in [2.75, 3.05) is 23.4 Å². The number of carbonyl (C=O) groups is 2. The van der Waals surface area contributed by atoms with E-state index in [-0.39, 0.29) is 18.4 Å². The molecule has 7 nitrogen and oxygen atoms in total. The summed E-state index contributed by atoms with van der Waals surface area (Å²) in [5.74, 6) is -0.737. The van der Waals surface area contributed by atoms with Crippen LogP contribution < -0.4 is 10.2 Å². The van der Waals surface area contributed by atoms with Gasteiger partial charge in [0.15, 0.2) is 0 Å². The minimum Gasteiger partial charge on any atom is -0.465 e. The van der Waals surface area contributed by atoms with Crippen LogP contribution in [0.15, 0.2) is 54.6 Å². The van der Waals surface area contributed by atoms with E-state index < -0.39 is 0 Å². The highest BCUT2D eigenvalue weighted by atomic mass is 35.5. The van der Waals surface area contributed by atoms with E-state index >= 15 is 0 Å². The number of halogens is 1. The molecule has 0 atom stereocenters. The molecule has 3 aromatic rings. The van der Waals surface area contributed by atoms with Crippen LogP contribution in [0.3, 0.4) is 0 Å². The zero-order valence-corrected chi connectivity index (χ0v) is 17.2. The first-order chi connectivity index (χ1) is 14.1. The monoisotopic (exact) mass is 430 g/mol. The maximum atomic E-state index is 12.4. The summed E-state index contributed by atoms with van der Waals surface area (Å²) < 4.78 is 5.07. The number of amides is 1. The van der Waals surface area contributed by atoms with Gasteiger partial charge in [0.05, 0.1) is 17.2 Å². The summed E-state index contributed by atoms with van der Waals surface area (Å²) in [6, 6.07) is 16.4. The van der Waals surface area contributed by atoms with Crippen LogP contribution in [-0.4, -0.2) is 35.2 Å². The van der Waals surface area contributed by atoms with Crippen LogP contribution in [0.1, 0.15) is 22.8 Å². The average Bonchev–Trinajstić information content (AvgIpc) is 3.17. The van der Waals surface area contributed by atoms with Crippen LogP contribution in [0.25, 0.3) is 0 Å². The molecule has 1 amide bonds. The van der Waals surface area contributed by atoms with Gasteiger partial charge in [-0.15, -0.1) is 10.2 Å². The molecule has 2 aromatic carbocycles. The number of ether oxygens (including phenoxy) is 1. The highest BCUT2D eigenvalue weighted by molar-refractivity contribution is 7.19. The number of esters is 1. The Morgan fingerprint density at radius 2 is 1.83 bits per heavy atom. The van der Waals surface area contributed by atoms with Gasteiger partial charge in [0.25, 0.3) is 5.91 Å². The van der Waals surface area contributed by atoms with E-state index in [2.05, 4.69) is 15.5 Å². The standard InChI is InChI=1S/C20H19ClN4O3S/c1-2-28-17(26)13-25(12-14-8-4-3-5-9-14)20-24-23-19(29-20)22-18(27)15-10-6-7-11-16(15)21/h3-11H,2,12-13H2,1H3,(H,22,23,27). The lowest BCUT2D eigenvalue weighted by atomic mass is 10.2. The normalized spacial score (nSPS) is 10.4. The van der Waals surface area contributed by atoms with Crippen LogP contribution >= 0.6 is 22.9 Å². The molecule has 0 radical (unpaired) electrons. The van der Waals surface area contributed by atoms with Gasteiger partial charge in [-0.2, -0.15) is 0 Å². The van der Waals surface area contributed by atoms with Crippen molar-refractivity contribution < 1.29 is 14.3 Å². The Labute approximate surface area is 177 Å². The molecular formula is C20H19ClN4O3S. The second-order valence-electron chi connectivity index (χ2n) is 5.97. The Bertz CT molecular complexity index is 981. The SMILES string of the molecule is CCOC(=O)CN(Cc1ccccc1)c1nnc(NC(=O)c2ccccc2Cl)s1. The lowest BCUT2D eigenvalue weighted by molar-refractivity contribution is -0.141. The topological polar surface area (TPSA) is 84.4 Å². The molecule has 0 saturated carbocycles. The predicted octanol–water partition coefficient (Wildman–Crippen LogP) is 4.01. The zero-order valence-electron chi connectivity index (χ0n) is 15.7. The molecule has 0 aliphatic heterocycles. The number of aromatic nitrogens is 2. The summed E-state index contributed by atoms with van der Waals surface area (Å²) in [5, 5.41) is 12.0. The minimum atomic E-state index is -0.377. The molecule has 29 heavy (non-hydrogen) atoms. The molecule has 0 aliphatic carbocycles. The Balaban J connectivity index is 1.76. The fourth-order valence-electron chi connectivity index (χ4n) is 2.56. The maximum Gasteiger partial charge on any atom is 0.325 e. The van der Waals surface area contributed by atoms with Crippen molar-refractivity contribution in [3.8, 4) is 0 Å². The molecule has 1 heterocycles. The Kier molecular flexibility index (Phi) is 7.15.